The number of hydrogen-bond acceptors (Lipinski definition) is 4. The van der Waals surface area contributed by atoms with Gasteiger partial charge < -0.3 is 4.74 Å². The Bertz CT molecular complexity index is 644. The van der Waals surface area contributed by atoms with Gasteiger partial charge in [-0.25, -0.2) is 12.8 Å². The SMILES string of the molecule is COC1CCN(C2CCN(S(=O)(=O)c3ccccc3F)CC2)C1. The molecular formula is C16H23FN2O3S. The van der Waals surface area contributed by atoms with Crippen molar-refractivity contribution in [2.45, 2.75) is 36.3 Å². The Morgan fingerprint density at radius 2 is 1.83 bits per heavy atom. The summed E-state index contributed by atoms with van der Waals surface area (Å²) in [6.07, 6.45) is 2.88. The quantitative estimate of drug-likeness (QED) is 0.836. The molecule has 1 atom stereocenters. The average molecular weight is 342 g/mol. The summed E-state index contributed by atoms with van der Waals surface area (Å²) in [6, 6.07) is 5.97. The van der Waals surface area contributed by atoms with Crippen LogP contribution in [-0.4, -0.2) is 63.1 Å². The second-order valence-corrected chi connectivity index (χ2v) is 8.11. The second-order valence-electron chi connectivity index (χ2n) is 6.21. The van der Waals surface area contributed by atoms with Crippen molar-refractivity contribution >= 4 is 10.0 Å². The number of halogens is 1. The lowest BCUT2D eigenvalue weighted by Crippen LogP contribution is -2.46. The van der Waals surface area contributed by atoms with E-state index in [9.17, 15) is 12.8 Å². The molecule has 1 aromatic rings. The Kier molecular flexibility index (Phi) is 5.01. The van der Waals surface area contributed by atoms with Crippen molar-refractivity contribution in [3.8, 4) is 0 Å². The topological polar surface area (TPSA) is 49.9 Å². The molecule has 2 heterocycles. The standard InChI is InChI=1S/C16H23FN2O3S/c1-22-14-8-9-18(12-14)13-6-10-19(11-7-13)23(20,21)16-5-3-2-4-15(16)17/h2-5,13-14H,6-12H2,1H3. The number of nitrogens with zero attached hydrogens (tertiary/aromatic N) is 2. The van der Waals surface area contributed by atoms with Gasteiger partial charge in [0.15, 0.2) is 0 Å². The van der Waals surface area contributed by atoms with E-state index in [2.05, 4.69) is 4.90 Å². The highest BCUT2D eigenvalue weighted by molar-refractivity contribution is 7.89. The third-order valence-corrected chi connectivity index (χ3v) is 6.84. The maximum Gasteiger partial charge on any atom is 0.245 e. The van der Waals surface area contributed by atoms with Gasteiger partial charge in [-0.1, -0.05) is 12.1 Å². The Morgan fingerprint density at radius 1 is 1.13 bits per heavy atom. The molecule has 3 rings (SSSR count). The van der Waals surface area contributed by atoms with E-state index >= 15 is 0 Å². The maximum absolute atomic E-state index is 13.8. The number of ether oxygens (including phenoxy) is 1. The first-order valence-corrected chi connectivity index (χ1v) is 9.48. The number of benzene rings is 1. The van der Waals surface area contributed by atoms with Gasteiger partial charge in [-0.05, 0) is 31.4 Å². The van der Waals surface area contributed by atoms with E-state index in [1.807, 2.05) is 0 Å². The van der Waals surface area contributed by atoms with E-state index in [4.69, 9.17) is 4.74 Å². The highest BCUT2D eigenvalue weighted by atomic mass is 32.2. The summed E-state index contributed by atoms with van der Waals surface area (Å²) in [4.78, 5) is 2.17. The third kappa shape index (κ3) is 3.42. The van der Waals surface area contributed by atoms with Crippen LogP contribution in [0.5, 0.6) is 0 Å². The largest absolute Gasteiger partial charge is 0.380 e. The summed E-state index contributed by atoms with van der Waals surface area (Å²) in [5.74, 6) is -0.683. The van der Waals surface area contributed by atoms with Crippen LogP contribution in [0.4, 0.5) is 4.39 Å². The van der Waals surface area contributed by atoms with Crippen LogP contribution < -0.4 is 0 Å². The summed E-state index contributed by atoms with van der Waals surface area (Å²) < 4.78 is 45.8. The van der Waals surface area contributed by atoms with Gasteiger partial charge >= 0.3 is 0 Å². The molecule has 1 aromatic carbocycles. The van der Waals surface area contributed by atoms with E-state index in [0.717, 1.165) is 32.4 Å². The monoisotopic (exact) mass is 342 g/mol. The second kappa shape index (κ2) is 6.84. The highest BCUT2D eigenvalue weighted by Crippen LogP contribution is 2.26. The number of sulfonamides is 1. The van der Waals surface area contributed by atoms with Crippen molar-refractivity contribution in [1.82, 2.24) is 9.21 Å². The lowest BCUT2D eigenvalue weighted by molar-refractivity contribution is 0.0924. The fourth-order valence-corrected chi connectivity index (χ4v) is 5.05. The summed E-state index contributed by atoms with van der Waals surface area (Å²) in [5, 5.41) is 0. The van der Waals surface area contributed by atoms with Gasteiger partial charge in [-0.3, -0.25) is 4.90 Å². The van der Waals surface area contributed by atoms with Crippen molar-refractivity contribution in [2.24, 2.45) is 0 Å². The minimum Gasteiger partial charge on any atom is -0.380 e. The van der Waals surface area contributed by atoms with Gasteiger partial charge in [0.25, 0.3) is 0 Å². The van der Waals surface area contributed by atoms with Crippen molar-refractivity contribution in [2.75, 3.05) is 33.3 Å². The molecule has 0 spiro atoms. The van der Waals surface area contributed by atoms with Gasteiger partial charge in [0.2, 0.25) is 10.0 Å². The summed E-state index contributed by atoms with van der Waals surface area (Å²) in [6.45, 7) is 2.80. The molecule has 2 aliphatic rings. The minimum absolute atomic E-state index is 0.223. The number of piperidine rings is 1. The van der Waals surface area contributed by atoms with E-state index in [1.165, 1.54) is 22.5 Å². The molecular weight excluding hydrogens is 319 g/mol. The molecule has 128 valence electrons. The first kappa shape index (κ1) is 16.8. The van der Waals surface area contributed by atoms with E-state index in [1.54, 1.807) is 13.2 Å². The van der Waals surface area contributed by atoms with Gasteiger partial charge in [0.1, 0.15) is 10.7 Å². The van der Waals surface area contributed by atoms with Crippen LogP contribution in [0, 0.1) is 5.82 Å². The summed E-state index contributed by atoms with van der Waals surface area (Å²) in [5.41, 5.74) is 0. The first-order valence-electron chi connectivity index (χ1n) is 8.04. The third-order valence-electron chi connectivity index (χ3n) is 4.90. The number of likely N-dealkylation sites (tertiary alicyclic amines) is 1. The molecule has 0 aliphatic carbocycles. The molecule has 0 bridgehead atoms. The molecule has 2 saturated heterocycles. The average Bonchev–Trinajstić information content (AvgIpc) is 3.04. The van der Waals surface area contributed by atoms with Crippen LogP contribution >= 0.6 is 0 Å². The zero-order chi connectivity index (χ0) is 16.4. The van der Waals surface area contributed by atoms with E-state index < -0.39 is 15.8 Å². The van der Waals surface area contributed by atoms with Gasteiger partial charge in [-0.2, -0.15) is 4.31 Å². The predicted octanol–water partition coefficient (Wildman–Crippen LogP) is 1.70. The smallest absolute Gasteiger partial charge is 0.245 e. The molecule has 0 radical (unpaired) electrons. The molecule has 7 heteroatoms. The summed E-state index contributed by atoms with van der Waals surface area (Å²) in [7, 11) is -2.01. The van der Waals surface area contributed by atoms with Crippen LogP contribution in [-0.2, 0) is 14.8 Å². The normalized spacial score (nSPS) is 25.0. The van der Waals surface area contributed by atoms with Crippen molar-refractivity contribution in [1.29, 1.82) is 0 Å². The molecule has 2 fully saturated rings. The zero-order valence-electron chi connectivity index (χ0n) is 13.3. The van der Waals surface area contributed by atoms with Gasteiger partial charge in [0.05, 0.1) is 6.10 Å². The maximum atomic E-state index is 13.8. The van der Waals surface area contributed by atoms with E-state index in [0.29, 0.717) is 19.1 Å². The highest BCUT2D eigenvalue weighted by Gasteiger charge is 2.35. The Labute approximate surface area is 137 Å². The molecule has 23 heavy (non-hydrogen) atoms. The van der Waals surface area contributed by atoms with Crippen LogP contribution in [0.3, 0.4) is 0 Å². The Hall–Kier alpha value is -1.02. The van der Waals surface area contributed by atoms with Gasteiger partial charge in [-0.15, -0.1) is 0 Å². The lowest BCUT2D eigenvalue weighted by Gasteiger charge is -2.36. The molecule has 5 nitrogen and oxygen atoms in total. The van der Waals surface area contributed by atoms with Crippen LogP contribution in [0.1, 0.15) is 19.3 Å². The van der Waals surface area contributed by atoms with Crippen molar-refractivity contribution in [3.63, 3.8) is 0 Å². The molecule has 0 amide bonds. The fourth-order valence-electron chi connectivity index (χ4n) is 3.52. The fraction of sp³-hybridized carbons (Fsp3) is 0.625. The molecule has 1 unspecified atom stereocenters. The molecule has 2 aliphatic heterocycles. The molecule has 0 N–H and O–H groups in total. The Balaban J connectivity index is 1.64. The lowest BCUT2D eigenvalue weighted by atomic mass is 10.1. The predicted molar refractivity (Wildman–Crippen MR) is 85.2 cm³/mol. The minimum atomic E-state index is -3.74. The zero-order valence-corrected chi connectivity index (χ0v) is 14.1. The summed E-state index contributed by atoms with van der Waals surface area (Å²) >= 11 is 0. The number of rotatable bonds is 4. The number of methoxy groups -OCH3 is 1. The number of hydrogen-bond donors (Lipinski definition) is 0. The van der Waals surface area contributed by atoms with Crippen LogP contribution in [0.25, 0.3) is 0 Å². The van der Waals surface area contributed by atoms with Crippen LogP contribution in [0.15, 0.2) is 29.2 Å². The van der Waals surface area contributed by atoms with E-state index in [-0.39, 0.29) is 11.0 Å². The Morgan fingerprint density at radius 3 is 2.43 bits per heavy atom. The van der Waals surface area contributed by atoms with Crippen LogP contribution in [0.2, 0.25) is 0 Å². The van der Waals surface area contributed by atoms with Crippen molar-refractivity contribution in [3.05, 3.63) is 30.1 Å². The first-order chi connectivity index (χ1) is 11.0. The van der Waals surface area contributed by atoms with Gasteiger partial charge in [0, 0.05) is 39.3 Å². The van der Waals surface area contributed by atoms with Crippen molar-refractivity contribution < 1.29 is 17.5 Å². The molecule has 0 saturated carbocycles. The molecule has 0 aromatic heterocycles.